The molecule has 0 radical (unpaired) electrons. The summed E-state index contributed by atoms with van der Waals surface area (Å²) in [4.78, 5) is -0.313. The lowest BCUT2D eigenvalue weighted by atomic mass is 9.82. The lowest BCUT2D eigenvalue weighted by Crippen LogP contribution is -2.21. The van der Waals surface area contributed by atoms with E-state index < -0.39 is 0 Å². The molecule has 2 rings (SSSR count). The monoisotopic (exact) mass is 328 g/mol. The van der Waals surface area contributed by atoms with Crippen LogP contribution in [0.4, 0.5) is 0 Å². The third-order valence-corrected chi connectivity index (χ3v) is 4.31. The molecule has 2 aromatic rings. The third kappa shape index (κ3) is 5.14. The predicted molar refractivity (Wildman–Crippen MR) is 99.6 cm³/mol. The van der Waals surface area contributed by atoms with Crippen molar-refractivity contribution >= 4 is 11.6 Å². The molecule has 0 bridgehead atoms. The zero-order chi connectivity index (χ0) is 16.9. The molecule has 23 heavy (non-hydrogen) atoms. The first-order valence-corrected chi connectivity index (χ1v) is 8.31. The maximum absolute atomic E-state index is 6.80. The molecule has 0 aliphatic carbocycles. The fourth-order valence-electron chi connectivity index (χ4n) is 3.08. The summed E-state index contributed by atoms with van der Waals surface area (Å²) in [5.41, 5.74) is 3.65. The molecule has 0 fully saturated rings. The number of alkyl halides is 1. The van der Waals surface area contributed by atoms with Gasteiger partial charge in [-0.05, 0) is 49.9 Å². The van der Waals surface area contributed by atoms with Crippen LogP contribution in [0, 0.1) is 0 Å². The van der Waals surface area contributed by atoms with Crippen LogP contribution in [-0.4, -0.2) is 12.0 Å². The van der Waals surface area contributed by atoms with Crippen molar-refractivity contribution in [3.05, 3.63) is 77.9 Å². The van der Waals surface area contributed by atoms with Crippen molar-refractivity contribution in [1.29, 1.82) is 0 Å². The van der Waals surface area contributed by atoms with Crippen LogP contribution in [-0.2, 0) is 0 Å². The minimum absolute atomic E-state index is 0.254. The van der Waals surface area contributed by atoms with E-state index in [9.17, 15) is 0 Å². The number of allylic oxidation sites excluding steroid dienone is 1. The molecule has 2 heteroatoms. The second-order valence-electron chi connectivity index (χ2n) is 6.49. The highest BCUT2D eigenvalue weighted by molar-refractivity contribution is 6.23. The van der Waals surface area contributed by atoms with E-state index in [1.807, 2.05) is 25.1 Å². The standard InChI is InChI=1S/C21H25ClO/c1-16(2)14-21(3,22)15-20(17-8-6-5-7-9-17)18-10-12-19(23-4)13-11-18/h5-13,20H,1,14-15H2,2-4H3. The summed E-state index contributed by atoms with van der Waals surface area (Å²) >= 11 is 6.80. The van der Waals surface area contributed by atoms with Crippen molar-refractivity contribution in [2.45, 2.75) is 37.5 Å². The number of hydrogen-bond acceptors (Lipinski definition) is 1. The largest absolute Gasteiger partial charge is 0.497 e. The molecule has 0 saturated carbocycles. The highest BCUT2D eigenvalue weighted by atomic mass is 35.5. The highest BCUT2D eigenvalue weighted by Gasteiger charge is 2.27. The molecular formula is C21H25ClO. The molecule has 0 amide bonds. The van der Waals surface area contributed by atoms with Gasteiger partial charge in [0.25, 0.3) is 0 Å². The van der Waals surface area contributed by atoms with Gasteiger partial charge in [-0.15, -0.1) is 18.2 Å². The number of methoxy groups -OCH3 is 1. The average molecular weight is 329 g/mol. The summed E-state index contributed by atoms with van der Waals surface area (Å²) in [6.45, 7) is 8.15. The van der Waals surface area contributed by atoms with E-state index in [1.54, 1.807) is 7.11 Å². The van der Waals surface area contributed by atoms with E-state index in [2.05, 4.69) is 49.9 Å². The van der Waals surface area contributed by atoms with Crippen LogP contribution in [0.3, 0.4) is 0 Å². The minimum atomic E-state index is -0.313. The lowest BCUT2D eigenvalue weighted by molar-refractivity contribution is 0.414. The van der Waals surface area contributed by atoms with Crippen LogP contribution in [0.25, 0.3) is 0 Å². The zero-order valence-corrected chi connectivity index (χ0v) is 14.9. The lowest BCUT2D eigenvalue weighted by Gasteiger charge is -2.29. The van der Waals surface area contributed by atoms with E-state index in [0.717, 1.165) is 24.2 Å². The Labute approximate surface area is 145 Å². The van der Waals surface area contributed by atoms with Crippen molar-refractivity contribution in [3.8, 4) is 5.75 Å². The molecule has 0 spiro atoms. The Hall–Kier alpha value is -1.73. The Balaban J connectivity index is 2.33. The van der Waals surface area contributed by atoms with Crippen molar-refractivity contribution in [2.75, 3.05) is 7.11 Å². The van der Waals surface area contributed by atoms with Gasteiger partial charge in [0.05, 0.1) is 7.11 Å². The molecule has 122 valence electrons. The second-order valence-corrected chi connectivity index (χ2v) is 7.40. The number of halogens is 1. The maximum Gasteiger partial charge on any atom is 0.118 e. The zero-order valence-electron chi connectivity index (χ0n) is 14.2. The summed E-state index contributed by atoms with van der Waals surface area (Å²) in [6, 6.07) is 18.8. The molecule has 0 N–H and O–H groups in total. The normalized spacial score (nSPS) is 14.8. The first-order valence-electron chi connectivity index (χ1n) is 7.93. The number of rotatable bonds is 7. The fraction of sp³-hybridized carbons (Fsp3) is 0.333. The van der Waals surface area contributed by atoms with E-state index >= 15 is 0 Å². The van der Waals surface area contributed by atoms with E-state index in [1.165, 1.54) is 11.1 Å². The molecule has 0 heterocycles. The van der Waals surface area contributed by atoms with Crippen molar-refractivity contribution < 1.29 is 4.74 Å². The van der Waals surface area contributed by atoms with Crippen LogP contribution >= 0.6 is 11.6 Å². The second kappa shape index (κ2) is 7.70. The van der Waals surface area contributed by atoms with Crippen LogP contribution in [0.2, 0.25) is 0 Å². The first-order chi connectivity index (χ1) is 10.9. The predicted octanol–water partition coefficient (Wildman–Crippen LogP) is 6.18. The number of hydrogen-bond donors (Lipinski definition) is 0. The molecule has 0 aromatic heterocycles. The molecular weight excluding hydrogens is 304 g/mol. The van der Waals surface area contributed by atoms with Gasteiger partial charge in [0.15, 0.2) is 0 Å². The smallest absolute Gasteiger partial charge is 0.118 e. The van der Waals surface area contributed by atoms with Crippen LogP contribution in [0.1, 0.15) is 43.7 Å². The van der Waals surface area contributed by atoms with Gasteiger partial charge in [0, 0.05) is 10.8 Å². The van der Waals surface area contributed by atoms with E-state index in [0.29, 0.717) is 0 Å². The van der Waals surface area contributed by atoms with Crippen LogP contribution in [0.5, 0.6) is 5.75 Å². The van der Waals surface area contributed by atoms with Gasteiger partial charge in [-0.3, -0.25) is 0 Å². The molecule has 0 aliphatic rings. The van der Waals surface area contributed by atoms with Crippen LogP contribution < -0.4 is 4.74 Å². The van der Waals surface area contributed by atoms with Gasteiger partial charge in [-0.2, -0.15) is 0 Å². The Morgan fingerprint density at radius 3 is 2.17 bits per heavy atom. The van der Waals surface area contributed by atoms with E-state index in [-0.39, 0.29) is 10.8 Å². The van der Waals surface area contributed by atoms with Gasteiger partial charge in [0.2, 0.25) is 0 Å². The van der Waals surface area contributed by atoms with Crippen molar-refractivity contribution in [2.24, 2.45) is 0 Å². The average Bonchev–Trinajstić information content (AvgIpc) is 2.52. The summed E-state index contributed by atoms with van der Waals surface area (Å²) in [7, 11) is 1.69. The summed E-state index contributed by atoms with van der Waals surface area (Å²) in [6.07, 6.45) is 1.67. The minimum Gasteiger partial charge on any atom is -0.497 e. The van der Waals surface area contributed by atoms with Gasteiger partial charge in [-0.25, -0.2) is 0 Å². The molecule has 2 atom stereocenters. The van der Waals surface area contributed by atoms with Gasteiger partial charge in [-0.1, -0.05) is 48.0 Å². The maximum atomic E-state index is 6.80. The van der Waals surface area contributed by atoms with Gasteiger partial charge >= 0.3 is 0 Å². The van der Waals surface area contributed by atoms with Crippen molar-refractivity contribution in [1.82, 2.24) is 0 Å². The Morgan fingerprint density at radius 1 is 1.09 bits per heavy atom. The Kier molecular flexibility index (Phi) is 5.90. The van der Waals surface area contributed by atoms with Gasteiger partial charge < -0.3 is 4.74 Å². The van der Waals surface area contributed by atoms with E-state index in [4.69, 9.17) is 16.3 Å². The summed E-state index contributed by atoms with van der Waals surface area (Å²) in [5, 5.41) is 0. The molecule has 2 unspecified atom stereocenters. The highest BCUT2D eigenvalue weighted by Crippen LogP contribution is 2.38. The van der Waals surface area contributed by atoms with Crippen molar-refractivity contribution in [3.63, 3.8) is 0 Å². The molecule has 1 nitrogen and oxygen atoms in total. The number of benzene rings is 2. The SMILES string of the molecule is C=C(C)CC(C)(Cl)CC(c1ccccc1)c1ccc(OC)cc1. The molecule has 0 saturated heterocycles. The fourth-order valence-corrected chi connectivity index (χ4v) is 3.46. The first kappa shape index (κ1) is 17.6. The quantitative estimate of drug-likeness (QED) is 0.435. The Bertz CT molecular complexity index is 629. The topological polar surface area (TPSA) is 9.23 Å². The molecule has 0 aliphatic heterocycles. The third-order valence-electron chi connectivity index (χ3n) is 4.02. The van der Waals surface area contributed by atoms with Crippen LogP contribution in [0.15, 0.2) is 66.7 Å². The Morgan fingerprint density at radius 2 is 1.65 bits per heavy atom. The summed E-state index contributed by atoms with van der Waals surface area (Å²) in [5.74, 6) is 1.13. The molecule has 2 aromatic carbocycles. The van der Waals surface area contributed by atoms with Gasteiger partial charge in [0.1, 0.15) is 5.75 Å². The number of ether oxygens (including phenoxy) is 1. The summed E-state index contributed by atoms with van der Waals surface area (Å²) < 4.78 is 5.27.